The molecule has 0 saturated heterocycles. The third kappa shape index (κ3) is 1.91. The standard InChI is InChI=1S/C15H17Cl2N3/c16-11-5-13-14(6-12(11)17)20(15(18)19-13)7-10-4-8-1-2-9(10)3-8/h5-6,8-10H,1-4,7H2,(H2,18,19). The fourth-order valence-electron chi connectivity index (χ4n) is 4.17. The summed E-state index contributed by atoms with van der Waals surface area (Å²) in [4.78, 5) is 4.42. The fourth-order valence-corrected chi connectivity index (χ4v) is 4.48. The molecule has 2 fully saturated rings. The molecule has 2 aliphatic carbocycles. The predicted octanol–water partition coefficient (Wildman–Crippen LogP) is 4.36. The second-order valence-electron chi connectivity index (χ2n) is 6.27. The average molecular weight is 310 g/mol. The predicted molar refractivity (Wildman–Crippen MR) is 83.1 cm³/mol. The summed E-state index contributed by atoms with van der Waals surface area (Å²) in [7, 11) is 0. The molecule has 3 atom stereocenters. The number of anilines is 1. The molecule has 4 rings (SSSR count). The van der Waals surface area contributed by atoms with Crippen molar-refractivity contribution in [1.29, 1.82) is 0 Å². The summed E-state index contributed by atoms with van der Waals surface area (Å²) in [5.74, 6) is 3.13. The first-order valence-corrected chi connectivity index (χ1v) is 7.98. The number of imidazole rings is 1. The first-order chi connectivity index (χ1) is 9.61. The van der Waals surface area contributed by atoms with Crippen LogP contribution in [0.2, 0.25) is 10.0 Å². The maximum absolute atomic E-state index is 6.13. The smallest absolute Gasteiger partial charge is 0.201 e. The van der Waals surface area contributed by atoms with Crippen molar-refractivity contribution in [1.82, 2.24) is 9.55 Å². The van der Waals surface area contributed by atoms with Crippen molar-refractivity contribution in [3.05, 3.63) is 22.2 Å². The van der Waals surface area contributed by atoms with Crippen molar-refractivity contribution in [2.75, 3.05) is 5.73 Å². The largest absolute Gasteiger partial charge is 0.369 e. The van der Waals surface area contributed by atoms with Crippen molar-refractivity contribution in [2.24, 2.45) is 17.8 Å². The van der Waals surface area contributed by atoms with E-state index >= 15 is 0 Å². The van der Waals surface area contributed by atoms with Crippen LogP contribution in [0, 0.1) is 17.8 Å². The third-order valence-corrected chi connectivity index (χ3v) is 5.84. The van der Waals surface area contributed by atoms with Gasteiger partial charge in [-0.05, 0) is 49.1 Å². The minimum absolute atomic E-state index is 0.531. The highest BCUT2D eigenvalue weighted by Crippen LogP contribution is 2.49. The molecule has 1 aromatic heterocycles. The van der Waals surface area contributed by atoms with Gasteiger partial charge in [0.2, 0.25) is 5.95 Å². The molecule has 2 bridgehead atoms. The van der Waals surface area contributed by atoms with E-state index in [1.807, 2.05) is 6.07 Å². The molecular formula is C15H17Cl2N3. The van der Waals surface area contributed by atoms with E-state index in [9.17, 15) is 0 Å². The van der Waals surface area contributed by atoms with Gasteiger partial charge in [0.15, 0.2) is 0 Å². The van der Waals surface area contributed by atoms with Crippen LogP contribution in [-0.4, -0.2) is 9.55 Å². The number of rotatable bonds is 2. The van der Waals surface area contributed by atoms with Crippen LogP contribution in [0.4, 0.5) is 5.95 Å². The minimum atomic E-state index is 0.531. The SMILES string of the molecule is Nc1nc2cc(Cl)c(Cl)cc2n1CC1CC2CCC1C2. The van der Waals surface area contributed by atoms with Crippen molar-refractivity contribution in [3.63, 3.8) is 0 Å². The Bertz CT molecular complexity index is 679. The number of benzene rings is 1. The minimum Gasteiger partial charge on any atom is -0.369 e. The van der Waals surface area contributed by atoms with Crippen LogP contribution >= 0.6 is 23.2 Å². The Morgan fingerprint density at radius 1 is 1.20 bits per heavy atom. The third-order valence-electron chi connectivity index (χ3n) is 5.12. The molecule has 0 amide bonds. The Balaban J connectivity index is 1.72. The van der Waals surface area contributed by atoms with Gasteiger partial charge in [0.25, 0.3) is 0 Å². The molecule has 2 aliphatic rings. The van der Waals surface area contributed by atoms with Crippen molar-refractivity contribution < 1.29 is 0 Å². The van der Waals surface area contributed by atoms with Gasteiger partial charge in [0.05, 0.1) is 21.1 Å². The van der Waals surface area contributed by atoms with Crippen LogP contribution in [0.3, 0.4) is 0 Å². The van der Waals surface area contributed by atoms with Crippen LogP contribution < -0.4 is 5.73 Å². The summed E-state index contributed by atoms with van der Waals surface area (Å²) >= 11 is 12.2. The molecule has 3 nitrogen and oxygen atoms in total. The van der Waals surface area contributed by atoms with Gasteiger partial charge in [-0.15, -0.1) is 0 Å². The lowest BCUT2D eigenvalue weighted by atomic mass is 9.89. The number of hydrogen-bond donors (Lipinski definition) is 1. The highest BCUT2D eigenvalue weighted by atomic mass is 35.5. The monoisotopic (exact) mass is 309 g/mol. The maximum atomic E-state index is 6.13. The average Bonchev–Trinajstić information content (AvgIpc) is 3.08. The molecule has 0 radical (unpaired) electrons. The van der Waals surface area contributed by atoms with Gasteiger partial charge in [-0.3, -0.25) is 0 Å². The lowest BCUT2D eigenvalue weighted by molar-refractivity contribution is 0.300. The number of halogens is 2. The molecule has 3 unspecified atom stereocenters. The maximum Gasteiger partial charge on any atom is 0.201 e. The van der Waals surface area contributed by atoms with Crippen LogP contribution in [0.15, 0.2) is 12.1 Å². The first kappa shape index (κ1) is 12.8. The molecule has 5 heteroatoms. The number of hydrogen-bond acceptors (Lipinski definition) is 2. The summed E-state index contributed by atoms with van der Waals surface area (Å²) in [6.45, 7) is 0.960. The highest BCUT2D eigenvalue weighted by molar-refractivity contribution is 6.42. The van der Waals surface area contributed by atoms with E-state index in [0.29, 0.717) is 16.0 Å². The van der Waals surface area contributed by atoms with E-state index in [2.05, 4.69) is 9.55 Å². The van der Waals surface area contributed by atoms with E-state index in [0.717, 1.165) is 35.3 Å². The molecule has 2 aromatic rings. The van der Waals surface area contributed by atoms with Gasteiger partial charge in [-0.25, -0.2) is 4.98 Å². The Morgan fingerprint density at radius 2 is 2.00 bits per heavy atom. The first-order valence-electron chi connectivity index (χ1n) is 7.22. The van der Waals surface area contributed by atoms with E-state index in [4.69, 9.17) is 28.9 Å². The summed E-state index contributed by atoms with van der Waals surface area (Å²) in [6.07, 6.45) is 5.55. The van der Waals surface area contributed by atoms with Gasteiger partial charge in [0.1, 0.15) is 0 Å². The molecule has 2 saturated carbocycles. The molecule has 106 valence electrons. The zero-order valence-electron chi connectivity index (χ0n) is 11.1. The van der Waals surface area contributed by atoms with Crippen LogP contribution in [0.5, 0.6) is 0 Å². The molecule has 20 heavy (non-hydrogen) atoms. The summed E-state index contributed by atoms with van der Waals surface area (Å²) in [5.41, 5.74) is 7.93. The lowest BCUT2D eigenvalue weighted by Crippen LogP contribution is -2.18. The number of nitrogens with zero attached hydrogens (tertiary/aromatic N) is 2. The fraction of sp³-hybridized carbons (Fsp3) is 0.533. The Morgan fingerprint density at radius 3 is 2.70 bits per heavy atom. The number of fused-ring (bicyclic) bond motifs is 3. The topological polar surface area (TPSA) is 43.8 Å². The second kappa shape index (κ2) is 4.54. The van der Waals surface area contributed by atoms with Crippen LogP contribution in [0.1, 0.15) is 25.7 Å². The summed E-state index contributed by atoms with van der Waals surface area (Å²) in [5, 5.41) is 1.09. The molecule has 1 heterocycles. The second-order valence-corrected chi connectivity index (χ2v) is 7.08. The van der Waals surface area contributed by atoms with Gasteiger partial charge in [-0.1, -0.05) is 29.6 Å². The van der Waals surface area contributed by atoms with E-state index < -0.39 is 0 Å². The molecule has 0 aliphatic heterocycles. The number of nitrogens with two attached hydrogens (primary N) is 1. The van der Waals surface area contributed by atoms with Crippen LogP contribution in [-0.2, 0) is 6.54 Å². The van der Waals surface area contributed by atoms with Crippen molar-refractivity contribution in [2.45, 2.75) is 32.2 Å². The molecular weight excluding hydrogens is 293 g/mol. The lowest BCUT2D eigenvalue weighted by Gasteiger charge is -2.22. The Kier molecular flexibility index (Phi) is 2.90. The van der Waals surface area contributed by atoms with E-state index in [1.165, 1.54) is 25.7 Å². The summed E-state index contributed by atoms with van der Waals surface area (Å²) in [6, 6.07) is 3.68. The zero-order chi connectivity index (χ0) is 13.9. The van der Waals surface area contributed by atoms with E-state index in [1.54, 1.807) is 6.07 Å². The zero-order valence-corrected chi connectivity index (χ0v) is 12.7. The Hall–Kier alpha value is -0.930. The van der Waals surface area contributed by atoms with Crippen molar-refractivity contribution in [3.8, 4) is 0 Å². The Labute approximate surface area is 128 Å². The van der Waals surface area contributed by atoms with Crippen LogP contribution in [0.25, 0.3) is 11.0 Å². The number of nitrogen functional groups attached to an aromatic ring is 1. The van der Waals surface area contributed by atoms with Gasteiger partial charge >= 0.3 is 0 Å². The van der Waals surface area contributed by atoms with Gasteiger partial charge < -0.3 is 10.3 Å². The highest BCUT2D eigenvalue weighted by Gasteiger charge is 2.39. The summed E-state index contributed by atoms with van der Waals surface area (Å²) < 4.78 is 2.11. The van der Waals surface area contributed by atoms with Crippen molar-refractivity contribution >= 4 is 40.2 Å². The van der Waals surface area contributed by atoms with Gasteiger partial charge in [0, 0.05) is 6.54 Å². The van der Waals surface area contributed by atoms with E-state index in [-0.39, 0.29) is 0 Å². The van der Waals surface area contributed by atoms with Gasteiger partial charge in [-0.2, -0.15) is 0 Å². The quantitative estimate of drug-likeness (QED) is 0.895. The molecule has 0 spiro atoms. The molecule has 2 N–H and O–H groups in total. The normalized spacial score (nSPS) is 28.6. The number of aromatic nitrogens is 2. The molecule has 1 aromatic carbocycles.